The van der Waals surface area contributed by atoms with Crippen molar-refractivity contribution in [1.82, 2.24) is 10.3 Å². The average Bonchev–Trinajstić information content (AvgIpc) is 2.78. The summed E-state index contributed by atoms with van der Waals surface area (Å²) in [7, 11) is 0. The van der Waals surface area contributed by atoms with E-state index in [4.69, 9.17) is 0 Å². The summed E-state index contributed by atoms with van der Waals surface area (Å²) in [5.74, 6) is -0.679. The molecule has 86 valence electrons. The number of nitrogens with zero attached hydrogens (tertiary/aromatic N) is 1. The number of pyridine rings is 1. The van der Waals surface area contributed by atoms with Crippen LogP contribution >= 0.6 is 0 Å². The molecule has 2 rings (SSSR count). The summed E-state index contributed by atoms with van der Waals surface area (Å²) in [6, 6.07) is 3.88. The van der Waals surface area contributed by atoms with E-state index in [0.29, 0.717) is 13.0 Å². The number of carbonyl (C=O) groups is 1. The maximum atomic E-state index is 11.3. The van der Waals surface area contributed by atoms with Gasteiger partial charge >= 0.3 is 5.97 Å². The molecule has 1 aromatic rings. The Bertz CT molecular complexity index is 359. The molecule has 16 heavy (non-hydrogen) atoms. The Balaban J connectivity index is 2.00. The first-order chi connectivity index (χ1) is 7.73. The van der Waals surface area contributed by atoms with Gasteiger partial charge in [-0.15, -0.1) is 0 Å². The molecular weight excluding hydrogens is 204 g/mol. The lowest BCUT2D eigenvalue weighted by Crippen LogP contribution is -2.33. The second-order valence-electron chi connectivity index (χ2n) is 4.37. The zero-order chi connectivity index (χ0) is 11.4. The van der Waals surface area contributed by atoms with E-state index in [1.54, 1.807) is 12.4 Å². The van der Waals surface area contributed by atoms with Crippen LogP contribution in [0.3, 0.4) is 0 Å². The monoisotopic (exact) mass is 220 g/mol. The lowest BCUT2D eigenvalue weighted by Gasteiger charge is -2.22. The van der Waals surface area contributed by atoms with Gasteiger partial charge in [-0.3, -0.25) is 9.78 Å². The molecule has 4 nitrogen and oxygen atoms in total. The Labute approximate surface area is 94.7 Å². The van der Waals surface area contributed by atoms with E-state index in [1.807, 2.05) is 12.1 Å². The van der Waals surface area contributed by atoms with Crippen molar-refractivity contribution in [2.24, 2.45) is 5.41 Å². The van der Waals surface area contributed by atoms with Gasteiger partial charge in [0.1, 0.15) is 0 Å². The number of rotatable bonds is 4. The van der Waals surface area contributed by atoms with Gasteiger partial charge in [0.15, 0.2) is 0 Å². The van der Waals surface area contributed by atoms with E-state index in [1.165, 1.54) is 0 Å². The van der Waals surface area contributed by atoms with Crippen molar-refractivity contribution in [1.29, 1.82) is 0 Å². The minimum absolute atomic E-state index is 0.574. The van der Waals surface area contributed by atoms with Gasteiger partial charge in [0.25, 0.3) is 0 Å². The Morgan fingerprint density at radius 1 is 1.62 bits per heavy atom. The fraction of sp³-hybridized carbons (Fsp3) is 0.500. The molecule has 0 saturated carbocycles. The summed E-state index contributed by atoms with van der Waals surface area (Å²) in [4.78, 5) is 15.3. The van der Waals surface area contributed by atoms with Crippen LogP contribution in [-0.2, 0) is 11.2 Å². The molecule has 0 amide bonds. The van der Waals surface area contributed by atoms with E-state index in [2.05, 4.69) is 10.3 Å². The van der Waals surface area contributed by atoms with Crippen LogP contribution in [0.4, 0.5) is 0 Å². The predicted octanol–water partition coefficient (Wildman–Crippen LogP) is 1.08. The molecule has 1 saturated heterocycles. The van der Waals surface area contributed by atoms with Gasteiger partial charge in [-0.05, 0) is 37.4 Å². The van der Waals surface area contributed by atoms with Gasteiger partial charge in [-0.2, -0.15) is 0 Å². The molecule has 2 N–H and O–H groups in total. The van der Waals surface area contributed by atoms with Gasteiger partial charge in [0.2, 0.25) is 0 Å². The SMILES string of the molecule is O=C(O)C1(CCc2cccnc2)CCNC1. The number of hydrogen-bond acceptors (Lipinski definition) is 3. The van der Waals surface area contributed by atoms with Gasteiger partial charge in [-0.25, -0.2) is 0 Å². The van der Waals surface area contributed by atoms with Crippen LogP contribution in [0.5, 0.6) is 0 Å². The van der Waals surface area contributed by atoms with Gasteiger partial charge in [0, 0.05) is 18.9 Å². The van der Waals surface area contributed by atoms with E-state index in [9.17, 15) is 9.90 Å². The van der Waals surface area contributed by atoms with Gasteiger partial charge in [-0.1, -0.05) is 6.07 Å². The lowest BCUT2D eigenvalue weighted by molar-refractivity contribution is -0.148. The molecule has 0 aliphatic carbocycles. The van der Waals surface area contributed by atoms with Crippen molar-refractivity contribution in [3.63, 3.8) is 0 Å². The third-order valence-corrected chi connectivity index (χ3v) is 3.31. The van der Waals surface area contributed by atoms with Crippen molar-refractivity contribution in [3.05, 3.63) is 30.1 Å². The van der Waals surface area contributed by atoms with Crippen molar-refractivity contribution < 1.29 is 9.90 Å². The second-order valence-corrected chi connectivity index (χ2v) is 4.37. The molecule has 4 heteroatoms. The molecule has 1 unspecified atom stereocenters. The number of nitrogens with one attached hydrogen (secondary N) is 1. The highest BCUT2D eigenvalue weighted by Crippen LogP contribution is 2.31. The minimum Gasteiger partial charge on any atom is -0.481 e. The lowest BCUT2D eigenvalue weighted by atomic mass is 9.81. The molecule has 1 aliphatic rings. The molecule has 1 fully saturated rings. The number of aromatic nitrogens is 1. The minimum atomic E-state index is -0.679. The maximum Gasteiger partial charge on any atom is 0.310 e. The van der Waals surface area contributed by atoms with Gasteiger partial charge in [0.05, 0.1) is 5.41 Å². The second kappa shape index (κ2) is 4.61. The highest BCUT2D eigenvalue weighted by Gasteiger charge is 2.40. The van der Waals surface area contributed by atoms with Crippen LogP contribution in [0.2, 0.25) is 0 Å². The van der Waals surface area contributed by atoms with Crippen molar-refractivity contribution in [2.45, 2.75) is 19.3 Å². The first-order valence-corrected chi connectivity index (χ1v) is 5.56. The van der Waals surface area contributed by atoms with E-state index >= 15 is 0 Å². The van der Waals surface area contributed by atoms with Crippen LogP contribution in [0, 0.1) is 5.41 Å². The molecule has 1 aliphatic heterocycles. The summed E-state index contributed by atoms with van der Waals surface area (Å²) < 4.78 is 0. The standard InChI is InChI=1S/C12H16N2O2/c15-11(16)12(5-7-14-9-12)4-3-10-2-1-6-13-8-10/h1-2,6,8,14H,3-5,7,9H2,(H,15,16). The average molecular weight is 220 g/mol. The van der Waals surface area contributed by atoms with Gasteiger partial charge < -0.3 is 10.4 Å². The molecule has 0 aromatic carbocycles. The fourth-order valence-electron chi connectivity index (χ4n) is 2.18. The molecule has 0 radical (unpaired) electrons. The summed E-state index contributed by atoms with van der Waals surface area (Å²) in [6.45, 7) is 1.39. The number of hydrogen-bond donors (Lipinski definition) is 2. The van der Waals surface area contributed by atoms with Crippen LogP contribution in [0.1, 0.15) is 18.4 Å². The number of carboxylic acids is 1. The molecular formula is C12H16N2O2. The molecule has 0 spiro atoms. The quantitative estimate of drug-likeness (QED) is 0.797. The smallest absolute Gasteiger partial charge is 0.310 e. The molecule has 0 bridgehead atoms. The fourth-order valence-corrected chi connectivity index (χ4v) is 2.18. The highest BCUT2D eigenvalue weighted by atomic mass is 16.4. The molecule has 1 atom stereocenters. The summed E-state index contributed by atoms with van der Waals surface area (Å²) >= 11 is 0. The third-order valence-electron chi connectivity index (χ3n) is 3.31. The Kier molecular flexibility index (Phi) is 3.19. The zero-order valence-electron chi connectivity index (χ0n) is 9.15. The molecule has 2 heterocycles. The van der Waals surface area contributed by atoms with Crippen molar-refractivity contribution >= 4 is 5.97 Å². The first kappa shape index (κ1) is 11.1. The van der Waals surface area contributed by atoms with Crippen molar-refractivity contribution in [2.75, 3.05) is 13.1 Å². The van der Waals surface area contributed by atoms with Crippen LogP contribution < -0.4 is 5.32 Å². The topological polar surface area (TPSA) is 62.2 Å². The Morgan fingerprint density at radius 2 is 2.50 bits per heavy atom. The third kappa shape index (κ3) is 2.22. The van der Waals surface area contributed by atoms with E-state index in [0.717, 1.165) is 24.9 Å². The number of carboxylic acid groups (broad SMARTS) is 1. The van der Waals surface area contributed by atoms with Crippen LogP contribution in [0.25, 0.3) is 0 Å². The number of aliphatic carboxylic acids is 1. The zero-order valence-corrected chi connectivity index (χ0v) is 9.15. The van der Waals surface area contributed by atoms with E-state index in [-0.39, 0.29) is 0 Å². The van der Waals surface area contributed by atoms with Crippen LogP contribution in [-0.4, -0.2) is 29.1 Å². The number of aryl methyl sites for hydroxylation is 1. The summed E-state index contributed by atoms with van der Waals surface area (Å²) in [6.07, 6.45) is 5.72. The predicted molar refractivity (Wildman–Crippen MR) is 60.1 cm³/mol. The Morgan fingerprint density at radius 3 is 3.06 bits per heavy atom. The Hall–Kier alpha value is -1.42. The maximum absolute atomic E-state index is 11.3. The highest BCUT2D eigenvalue weighted by molar-refractivity contribution is 5.75. The summed E-state index contributed by atoms with van der Waals surface area (Å²) in [5.41, 5.74) is 0.533. The summed E-state index contributed by atoms with van der Waals surface area (Å²) in [5, 5.41) is 12.4. The van der Waals surface area contributed by atoms with E-state index < -0.39 is 11.4 Å². The molecule has 1 aromatic heterocycles. The van der Waals surface area contributed by atoms with Crippen LogP contribution in [0.15, 0.2) is 24.5 Å². The normalized spacial score (nSPS) is 24.5. The van der Waals surface area contributed by atoms with Crippen molar-refractivity contribution in [3.8, 4) is 0 Å². The largest absolute Gasteiger partial charge is 0.481 e. The first-order valence-electron chi connectivity index (χ1n) is 5.56.